The second-order valence-corrected chi connectivity index (χ2v) is 6.76. The summed E-state index contributed by atoms with van der Waals surface area (Å²) in [7, 11) is 1.63. The number of anilines is 1. The summed E-state index contributed by atoms with van der Waals surface area (Å²) in [6.07, 6.45) is 1.30. The first-order chi connectivity index (χ1) is 13.1. The van der Waals surface area contributed by atoms with Crippen molar-refractivity contribution in [1.82, 2.24) is 9.97 Å². The van der Waals surface area contributed by atoms with Gasteiger partial charge in [0.1, 0.15) is 10.8 Å². The lowest BCUT2D eigenvalue weighted by molar-refractivity contribution is 0.102. The molecule has 1 amide bonds. The van der Waals surface area contributed by atoms with Crippen LogP contribution in [-0.4, -0.2) is 23.0 Å². The second kappa shape index (κ2) is 7.13. The van der Waals surface area contributed by atoms with Gasteiger partial charge in [-0.15, -0.1) is 11.3 Å². The summed E-state index contributed by atoms with van der Waals surface area (Å²) >= 11 is 1.56. The van der Waals surface area contributed by atoms with E-state index in [1.807, 2.05) is 30.3 Å². The molecule has 0 saturated heterocycles. The predicted molar refractivity (Wildman–Crippen MR) is 104 cm³/mol. The number of fused-ring (bicyclic) bond motifs is 1. The van der Waals surface area contributed by atoms with Gasteiger partial charge >= 0.3 is 0 Å². The third-order valence-electron chi connectivity index (χ3n) is 3.99. The van der Waals surface area contributed by atoms with Gasteiger partial charge in [0.25, 0.3) is 5.91 Å². The van der Waals surface area contributed by atoms with E-state index in [-0.39, 0.29) is 5.56 Å². The number of amides is 1. The smallest absolute Gasteiger partial charge is 0.260 e. The highest BCUT2D eigenvalue weighted by Crippen LogP contribution is 2.32. The van der Waals surface area contributed by atoms with Crippen molar-refractivity contribution in [2.75, 3.05) is 12.4 Å². The average molecular weight is 379 g/mol. The summed E-state index contributed by atoms with van der Waals surface area (Å²) in [6, 6.07) is 15.9. The van der Waals surface area contributed by atoms with Gasteiger partial charge in [-0.2, -0.15) is 4.39 Å². The summed E-state index contributed by atoms with van der Waals surface area (Å²) < 4.78 is 19.9. The van der Waals surface area contributed by atoms with Crippen molar-refractivity contribution < 1.29 is 13.9 Å². The Morgan fingerprint density at radius 2 is 1.96 bits per heavy atom. The van der Waals surface area contributed by atoms with E-state index in [4.69, 9.17) is 4.74 Å². The molecule has 0 bridgehead atoms. The Balaban J connectivity index is 1.55. The van der Waals surface area contributed by atoms with Crippen LogP contribution in [0, 0.1) is 5.95 Å². The van der Waals surface area contributed by atoms with Crippen LogP contribution >= 0.6 is 11.3 Å². The van der Waals surface area contributed by atoms with Gasteiger partial charge in [-0.3, -0.25) is 4.79 Å². The number of nitrogens with zero attached hydrogens (tertiary/aromatic N) is 2. The minimum Gasteiger partial charge on any atom is -0.497 e. The van der Waals surface area contributed by atoms with E-state index in [1.54, 1.807) is 30.6 Å². The molecule has 0 fully saturated rings. The molecule has 1 N–H and O–H groups in total. The van der Waals surface area contributed by atoms with Crippen molar-refractivity contribution in [2.45, 2.75) is 0 Å². The van der Waals surface area contributed by atoms with Crippen LogP contribution in [0.3, 0.4) is 0 Å². The highest BCUT2D eigenvalue weighted by Gasteiger charge is 2.13. The van der Waals surface area contributed by atoms with Gasteiger partial charge in [-0.25, -0.2) is 9.97 Å². The van der Waals surface area contributed by atoms with Crippen LogP contribution in [0.2, 0.25) is 0 Å². The molecule has 0 atom stereocenters. The zero-order valence-electron chi connectivity index (χ0n) is 14.3. The molecule has 2 aromatic carbocycles. The standard InChI is InChI=1S/C20H14FN3O2S/c1-26-14-8-9-16-17(11-14)27-20(24-16)12-4-6-13(7-5-12)23-19(25)15-3-2-10-22-18(15)21/h2-11H,1H3,(H,23,25). The van der Waals surface area contributed by atoms with E-state index >= 15 is 0 Å². The number of benzene rings is 2. The Morgan fingerprint density at radius 3 is 2.70 bits per heavy atom. The first kappa shape index (κ1) is 17.1. The quantitative estimate of drug-likeness (QED) is 0.519. The summed E-state index contributed by atoms with van der Waals surface area (Å²) in [4.78, 5) is 20.3. The molecule has 0 radical (unpaired) electrons. The molecule has 4 rings (SSSR count). The van der Waals surface area contributed by atoms with Crippen molar-refractivity contribution in [2.24, 2.45) is 0 Å². The average Bonchev–Trinajstić information content (AvgIpc) is 3.12. The second-order valence-electron chi connectivity index (χ2n) is 5.73. The van der Waals surface area contributed by atoms with Gasteiger partial charge in [-0.1, -0.05) is 0 Å². The van der Waals surface area contributed by atoms with E-state index < -0.39 is 11.9 Å². The Morgan fingerprint density at radius 1 is 1.15 bits per heavy atom. The van der Waals surface area contributed by atoms with Gasteiger partial charge in [0.15, 0.2) is 0 Å². The molecular weight excluding hydrogens is 365 g/mol. The predicted octanol–water partition coefficient (Wildman–Crippen LogP) is 4.76. The Hall–Kier alpha value is -3.32. The van der Waals surface area contributed by atoms with Crippen molar-refractivity contribution in [3.05, 3.63) is 72.3 Å². The number of carbonyl (C=O) groups excluding carboxylic acids is 1. The van der Waals surface area contributed by atoms with Gasteiger partial charge in [0.05, 0.1) is 22.9 Å². The molecule has 0 aliphatic heterocycles. The SMILES string of the molecule is COc1ccc2nc(-c3ccc(NC(=O)c4cccnc4F)cc3)sc2c1. The molecule has 27 heavy (non-hydrogen) atoms. The fraction of sp³-hybridized carbons (Fsp3) is 0.0500. The number of ether oxygens (including phenoxy) is 1. The number of rotatable bonds is 4. The first-order valence-electron chi connectivity index (χ1n) is 8.11. The van der Waals surface area contributed by atoms with Crippen molar-refractivity contribution in [3.63, 3.8) is 0 Å². The van der Waals surface area contributed by atoms with E-state index in [2.05, 4.69) is 15.3 Å². The summed E-state index contributed by atoms with van der Waals surface area (Å²) in [6.45, 7) is 0. The lowest BCUT2D eigenvalue weighted by Crippen LogP contribution is -2.14. The minimum atomic E-state index is -0.795. The molecule has 0 spiro atoms. The maximum Gasteiger partial charge on any atom is 0.260 e. The number of carbonyl (C=O) groups is 1. The van der Waals surface area contributed by atoms with Gasteiger partial charge in [0.2, 0.25) is 5.95 Å². The molecule has 2 heterocycles. The first-order valence-corrected chi connectivity index (χ1v) is 8.92. The summed E-state index contributed by atoms with van der Waals surface area (Å²) in [5.74, 6) is -0.546. The Labute approximate surface area is 158 Å². The van der Waals surface area contributed by atoms with Gasteiger partial charge in [-0.05, 0) is 54.6 Å². The fourth-order valence-corrected chi connectivity index (χ4v) is 3.60. The van der Waals surface area contributed by atoms with Gasteiger partial charge in [0, 0.05) is 17.4 Å². The third-order valence-corrected chi connectivity index (χ3v) is 5.06. The van der Waals surface area contributed by atoms with Crippen molar-refractivity contribution in [1.29, 1.82) is 0 Å². The number of hydrogen-bond donors (Lipinski definition) is 1. The van der Waals surface area contributed by atoms with Crippen LogP contribution < -0.4 is 10.1 Å². The minimum absolute atomic E-state index is 0.0957. The zero-order valence-corrected chi connectivity index (χ0v) is 15.1. The highest BCUT2D eigenvalue weighted by molar-refractivity contribution is 7.21. The molecule has 2 aromatic heterocycles. The number of thiazole rings is 1. The topological polar surface area (TPSA) is 64.1 Å². The zero-order chi connectivity index (χ0) is 18.8. The normalized spacial score (nSPS) is 10.7. The number of methoxy groups -OCH3 is 1. The lowest BCUT2D eigenvalue weighted by Gasteiger charge is -2.06. The molecule has 0 saturated carbocycles. The summed E-state index contributed by atoms with van der Waals surface area (Å²) in [5, 5.41) is 3.54. The number of aromatic nitrogens is 2. The molecule has 0 unspecified atom stereocenters. The van der Waals surface area contributed by atoms with Gasteiger partial charge < -0.3 is 10.1 Å². The van der Waals surface area contributed by atoms with Crippen LogP contribution in [0.4, 0.5) is 10.1 Å². The van der Waals surface area contributed by atoms with Crippen LogP contribution in [0.1, 0.15) is 10.4 Å². The van der Waals surface area contributed by atoms with E-state index in [9.17, 15) is 9.18 Å². The largest absolute Gasteiger partial charge is 0.497 e. The molecule has 4 aromatic rings. The highest BCUT2D eigenvalue weighted by atomic mass is 32.1. The molecule has 7 heteroatoms. The molecule has 134 valence electrons. The maximum atomic E-state index is 13.6. The van der Waals surface area contributed by atoms with Crippen molar-refractivity contribution >= 4 is 33.1 Å². The number of hydrogen-bond acceptors (Lipinski definition) is 5. The number of pyridine rings is 1. The maximum absolute atomic E-state index is 13.6. The monoisotopic (exact) mass is 379 g/mol. The van der Waals surface area contributed by atoms with E-state index in [1.165, 1.54) is 18.3 Å². The van der Waals surface area contributed by atoms with Crippen LogP contribution in [0.15, 0.2) is 60.8 Å². The fourth-order valence-electron chi connectivity index (χ4n) is 2.61. The van der Waals surface area contributed by atoms with Crippen LogP contribution in [-0.2, 0) is 0 Å². The summed E-state index contributed by atoms with van der Waals surface area (Å²) in [5.41, 5.74) is 2.30. The number of halogens is 1. The third kappa shape index (κ3) is 3.50. The molecular formula is C20H14FN3O2S. The Kier molecular flexibility index (Phi) is 4.52. The molecule has 0 aliphatic rings. The van der Waals surface area contributed by atoms with Crippen molar-refractivity contribution in [3.8, 4) is 16.3 Å². The van der Waals surface area contributed by atoms with E-state index in [0.29, 0.717) is 5.69 Å². The lowest BCUT2D eigenvalue weighted by atomic mass is 10.2. The molecule has 5 nitrogen and oxygen atoms in total. The Bertz CT molecular complexity index is 1130. The number of nitrogens with one attached hydrogen (secondary N) is 1. The van der Waals surface area contributed by atoms with Crippen LogP contribution in [0.5, 0.6) is 5.75 Å². The molecule has 0 aliphatic carbocycles. The van der Waals surface area contributed by atoms with Crippen LogP contribution in [0.25, 0.3) is 20.8 Å². The van der Waals surface area contributed by atoms with E-state index in [0.717, 1.165) is 26.5 Å².